The van der Waals surface area contributed by atoms with Crippen LogP contribution < -0.4 is 5.32 Å². The van der Waals surface area contributed by atoms with Gasteiger partial charge in [-0.25, -0.2) is 0 Å². The molecule has 0 fully saturated rings. The van der Waals surface area contributed by atoms with E-state index in [9.17, 15) is 0 Å². The highest BCUT2D eigenvalue weighted by Crippen LogP contribution is 2.33. The van der Waals surface area contributed by atoms with E-state index in [1.807, 2.05) is 39.1 Å². The van der Waals surface area contributed by atoms with Crippen molar-refractivity contribution in [1.82, 2.24) is 5.32 Å². The molecule has 0 aliphatic rings. The van der Waals surface area contributed by atoms with E-state index in [1.54, 1.807) is 6.07 Å². The van der Waals surface area contributed by atoms with Gasteiger partial charge < -0.3 is 5.32 Å². The van der Waals surface area contributed by atoms with Crippen LogP contribution in [0.2, 0.25) is 15.1 Å². The van der Waals surface area contributed by atoms with Crippen LogP contribution >= 0.6 is 34.8 Å². The average Bonchev–Trinajstić information content (AvgIpc) is 2.40. The lowest BCUT2D eigenvalue weighted by molar-refractivity contribution is 0.687. The number of halogens is 3. The first-order valence-electron chi connectivity index (χ1n) is 6.33. The number of benzene rings is 2. The number of hydrogen-bond acceptors (Lipinski definition) is 1. The average molecular weight is 329 g/mol. The van der Waals surface area contributed by atoms with Crippen molar-refractivity contribution in [3.8, 4) is 0 Å². The summed E-state index contributed by atoms with van der Waals surface area (Å²) in [4.78, 5) is 0. The smallest absolute Gasteiger partial charge is 0.0592 e. The predicted molar refractivity (Wildman–Crippen MR) is 88.3 cm³/mol. The van der Waals surface area contributed by atoms with Crippen molar-refractivity contribution in [2.24, 2.45) is 0 Å². The first-order chi connectivity index (χ1) is 9.43. The van der Waals surface area contributed by atoms with Gasteiger partial charge in [-0.1, -0.05) is 40.9 Å². The van der Waals surface area contributed by atoms with Gasteiger partial charge in [0, 0.05) is 15.1 Å². The lowest BCUT2D eigenvalue weighted by Crippen LogP contribution is -2.19. The molecule has 0 bridgehead atoms. The minimum Gasteiger partial charge on any atom is -0.309 e. The first-order valence-corrected chi connectivity index (χ1v) is 7.46. The molecule has 4 heteroatoms. The van der Waals surface area contributed by atoms with E-state index in [0.29, 0.717) is 10.0 Å². The van der Waals surface area contributed by atoms with Crippen LogP contribution in [0.25, 0.3) is 0 Å². The SMILES string of the molecule is CNC(c1cc(C)c(Cl)cc1C)c1cc(Cl)ccc1Cl. The Morgan fingerprint density at radius 1 is 0.850 bits per heavy atom. The maximum Gasteiger partial charge on any atom is 0.0592 e. The van der Waals surface area contributed by atoms with Gasteiger partial charge in [-0.15, -0.1) is 0 Å². The molecule has 0 amide bonds. The van der Waals surface area contributed by atoms with Crippen LogP contribution in [0.5, 0.6) is 0 Å². The highest BCUT2D eigenvalue weighted by molar-refractivity contribution is 6.33. The van der Waals surface area contributed by atoms with Crippen LogP contribution in [0.4, 0.5) is 0 Å². The van der Waals surface area contributed by atoms with Crippen molar-refractivity contribution in [2.75, 3.05) is 7.05 Å². The molecular formula is C16H16Cl3N. The van der Waals surface area contributed by atoms with Crippen LogP contribution in [0.1, 0.15) is 28.3 Å². The van der Waals surface area contributed by atoms with Crippen molar-refractivity contribution < 1.29 is 0 Å². The highest BCUT2D eigenvalue weighted by atomic mass is 35.5. The molecule has 1 unspecified atom stereocenters. The summed E-state index contributed by atoms with van der Waals surface area (Å²) < 4.78 is 0. The number of hydrogen-bond donors (Lipinski definition) is 1. The summed E-state index contributed by atoms with van der Waals surface area (Å²) in [6.45, 7) is 4.04. The van der Waals surface area contributed by atoms with Crippen molar-refractivity contribution in [2.45, 2.75) is 19.9 Å². The number of nitrogens with one attached hydrogen (secondary N) is 1. The van der Waals surface area contributed by atoms with E-state index < -0.39 is 0 Å². The van der Waals surface area contributed by atoms with Crippen molar-refractivity contribution in [3.63, 3.8) is 0 Å². The third-order valence-electron chi connectivity index (χ3n) is 3.42. The fourth-order valence-corrected chi connectivity index (χ4v) is 2.95. The fraction of sp³-hybridized carbons (Fsp3) is 0.250. The summed E-state index contributed by atoms with van der Waals surface area (Å²) in [7, 11) is 1.91. The van der Waals surface area contributed by atoms with Crippen molar-refractivity contribution >= 4 is 34.8 Å². The molecule has 20 heavy (non-hydrogen) atoms. The van der Waals surface area contributed by atoms with Gasteiger partial charge in [0.2, 0.25) is 0 Å². The van der Waals surface area contributed by atoms with Crippen LogP contribution in [0.3, 0.4) is 0 Å². The van der Waals surface area contributed by atoms with E-state index in [1.165, 1.54) is 0 Å². The van der Waals surface area contributed by atoms with Gasteiger partial charge in [-0.3, -0.25) is 0 Å². The Morgan fingerprint density at radius 3 is 2.20 bits per heavy atom. The Labute approximate surface area is 134 Å². The van der Waals surface area contributed by atoms with Gasteiger partial charge in [0.15, 0.2) is 0 Å². The summed E-state index contributed by atoms with van der Waals surface area (Å²) in [5.74, 6) is 0. The maximum atomic E-state index is 6.32. The second kappa shape index (κ2) is 6.36. The van der Waals surface area contributed by atoms with E-state index in [-0.39, 0.29) is 6.04 Å². The molecule has 2 aromatic rings. The molecule has 0 heterocycles. The van der Waals surface area contributed by atoms with Crippen molar-refractivity contribution in [1.29, 1.82) is 0 Å². The molecule has 106 valence electrons. The molecule has 2 aromatic carbocycles. The Balaban J connectivity index is 2.58. The third-order valence-corrected chi connectivity index (χ3v) is 4.40. The van der Waals surface area contributed by atoms with Gasteiger partial charge >= 0.3 is 0 Å². The molecular weight excluding hydrogens is 313 g/mol. The zero-order valence-electron chi connectivity index (χ0n) is 11.6. The minimum atomic E-state index is -0.0165. The van der Waals surface area contributed by atoms with Crippen LogP contribution in [0, 0.1) is 13.8 Å². The molecule has 0 spiro atoms. The van der Waals surface area contributed by atoms with Crippen LogP contribution in [0.15, 0.2) is 30.3 Å². The van der Waals surface area contributed by atoms with Crippen LogP contribution in [-0.4, -0.2) is 7.05 Å². The quantitative estimate of drug-likeness (QED) is 0.776. The molecule has 1 nitrogen and oxygen atoms in total. The standard InChI is InChI=1S/C16H16Cl3N/c1-9-7-15(19)10(2)6-12(9)16(20-3)13-8-11(17)4-5-14(13)18/h4-8,16,20H,1-3H3. The molecule has 0 aromatic heterocycles. The lowest BCUT2D eigenvalue weighted by Gasteiger charge is -2.22. The fourth-order valence-electron chi connectivity index (χ4n) is 2.33. The van der Waals surface area contributed by atoms with Gasteiger partial charge in [0.1, 0.15) is 0 Å². The van der Waals surface area contributed by atoms with Gasteiger partial charge in [-0.2, -0.15) is 0 Å². The first kappa shape index (κ1) is 15.7. The van der Waals surface area contributed by atoms with Gasteiger partial charge in [-0.05, 0) is 67.4 Å². The normalized spacial score (nSPS) is 12.5. The molecule has 1 N–H and O–H groups in total. The summed E-state index contributed by atoms with van der Waals surface area (Å²) in [5, 5.41) is 5.45. The Hall–Kier alpha value is -0.730. The molecule has 0 saturated carbocycles. The molecule has 2 rings (SSSR count). The Bertz CT molecular complexity index is 638. The molecule has 0 aliphatic carbocycles. The number of rotatable bonds is 3. The molecule has 0 saturated heterocycles. The number of aryl methyl sites for hydroxylation is 2. The van der Waals surface area contributed by atoms with Crippen molar-refractivity contribution in [3.05, 3.63) is 67.7 Å². The summed E-state index contributed by atoms with van der Waals surface area (Å²) in [5.41, 5.74) is 4.28. The zero-order chi connectivity index (χ0) is 14.9. The van der Waals surface area contributed by atoms with E-state index >= 15 is 0 Å². The molecule has 1 atom stereocenters. The second-order valence-electron chi connectivity index (χ2n) is 4.85. The summed E-state index contributed by atoms with van der Waals surface area (Å²) in [6, 6.07) is 9.57. The second-order valence-corrected chi connectivity index (χ2v) is 6.10. The van der Waals surface area contributed by atoms with E-state index in [4.69, 9.17) is 34.8 Å². The summed E-state index contributed by atoms with van der Waals surface area (Å²) >= 11 is 18.6. The van der Waals surface area contributed by atoms with Crippen LogP contribution in [-0.2, 0) is 0 Å². The summed E-state index contributed by atoms with van der Waals surface area (Å²) in [6.07, 6.45) is 0. The Kier molecular flexibility index (Phi) is 4.98. The van der Waals surface area contributed by atoms with Gasteiger partial charge in [0.25, 0.3) is 0 Å². The maximum absolute atomic E-state index is 6.32. The third kappa shape index (κ3) is 3.12. The minimum absolute atomic E-state index is 0.0165. The van der Waals surface area contributed by atoms with E-state index in [2.05, 4.69) is 11.4 Å². The lowest BCUT2D eigenvalue weighted by atomic mass is 9.93. The highest BCUT2D eigenvalue weighted by Gasteiger charge is 2.18. The molecule has 0 aliphatic heterocycles. The van der Waals surface area contributed by atoms with Gasteiger partial charge in [0.05, 0.1) is 6.04 Å². The largest absolute Gasteiger partial charge is 0.309 e. The topological polar surface area (TPSA) is 12.0 Å². The predicted octanol–water partition coefficient (Wildman–Crippen LogP) is 5.57. The Morgan fingerprint density at radius 2 is 1.55 bits per heavy atom. The zero-order valence-corrected chi connectivity index (χ0v) is 13.9. The molecule has 0 radical (unpaired) electrons. The van der Waals surface area contributed by atoms with E-state index in [0.717, 1.165) is 27.3 Å². The monoisotopic (exact) mass is 327 g/mol.